The Morgan fingerprint density at radius 2 is 1.64 bits per heavy atom. The largest absolute Gasteiger partial charge is 0.496 e. The second-order valence-electron chi connectivity index (χ2n) is 8.54. The lowest BCUT2D eigenvalue weighted by atomic mass is 9.90. The first-order valence-corrected chi connectivity index (χ1v) is 11.5. The molecule has 5 rings (SSSR count). The maximum Gasteiger partial charge on any atom is 0.156 e. The first-order chi connectivity index (χ1) is 17.5. The zero-order chi connectivity index (χ0) is 25.2. The van der Waals surface area contributed by atoms with Gasteiger partial charge in [0.2, 0.25) is 0 Å². The van der Waals surface area contributed by atoms with Crippen molar-refractivity contribution in [1.29, 1.82) is 0 Å². The lowest BCUT2D eigenvalue weighted by molar-refractivity contribution is 0.111. The number of rotatable bonds is 6. The molecule has 178 valence electrons. The summed E-state index contributed by atoms with van der Waals surface area (Å²) in [6.45, 7) is 4.08. The maximum absolute atomic E-state index is 14.6. The van der Waals surface area contributed by atoms with Crippen LogP contribution in [0.25, 0.3) is 33.2 Å². The summed E-state index contributed by atoms with van der Waals surface area (Å²) >= 11 is 0. The molecule has 0 atom stereocenters. The van der Waals surface area contributed by atoms with E-state index in [9.17, 15) is 9.18 Å². The van der Waals surface area contributed by atoms with Gasteiger partial charge < -0.3 is 10.1 Å². The third-order valence-electron chi connectivity index (χ3n) is 6.48. The molecule has 1 N–H and O–H groups in total. The summed E-state index contributed by atoms with van der Waals surface area (Å²) in [4.78, 5) is 20.2. The molecule has 0 saturated carbocycles. The van der Waals surface area contributed by atoms with Crippen LogP contribution >= 0.6 is 0 Å². The highest BCUT2D eigenvalue weighted by Gasteiger charge is 2.16. The lowest BCUT2D eigenvalue weighted by Gasteiger charge is -2.18. The molecule has 0 fully saturated rings. The molecule has 0 aliphatic rings. The predicted octanol–water partition coefficient (Wildman–Crippen LogP) is 7.28. The first kappa shape index (κ1) is 23.2. The van der Waals surface area contributed by atoms with Gasteiger partial charge in [-0.1, -0.05) is 30.3 Å². The smallest absolute Gasteiger partial charge is 0.156 e. The van der Waals surface area contributed by atoms with Crippen LogP contribution < -0.4 is 10.1 Å². The van der Waals surface area contributed by atoms with Crippen LogP contribution in [-0.4, -0.2) is 23.4 Å². The van der Waals surface area contributed by atoms with Crippen molar-refractivity contribution >= 4 is 28.6 Å². The minimum Gasteiger partial charge on any atom is -0.496 e. The average Bonchev–Trinajstić information content (AvgIpc) is 2.90. The fourth-order valence-electron chi connectivity index (χ4n) is 4.57. The number of aldehydes is 1. The Bertz CT molecular complexity index is 1610. The van der Waals surface area contributed by atoms with E-state index in [0.717, 1.165) is 50.1 Å². The van der Waals surface area contributed by atoms with Gasteiger partial charge in [-0.15, -0.1) is 0 Å². The van der Waals surface area contributed by atoms with E-state index >= 15 is 0 Å². The van der Waals surface area contributed by atoms with Crippen molar-refractivity contribution in [1.82, 2.24) is 9.97 Å². The summed E-state index contributed by atoms with van der Waals surface area (Å²) in [6, 6.07) is 19.0. The molecule has 0 aliphatic heterocycles. The highest BCUT2D eigenvalue weighted by atomic mass is 19.1. The second kappa shape index (κ2) is 9.58. The third kappa shape index (κ3) is 4.07. The molecular weight excluding hydrogens is 453 g/mol. The molecular formula is C30H24FN3O2. The Morgan fingerprint density at radius 3 is 2.42 bits per heavy atom. The summed E-state index contributed by atoms with van der Waals surface area (Å²) in [6.07, 6.45) is 5.82. The Hall–Kier alpha value is -4.58. The molecule has 36 heavy (non-hydrogen) atoms. The lowest BCUT2D eigenvalue weighted by Crippen LogP contribution is -1.99. The van der Waals surface area contributed by atoms with Crippen LogP contribution in [0.1, 0.15) is 21.5 Å². The van der Waals surface area contributed by atoms with Gasteiger partial charge in [0.25, 0.3) is 0 Å². The SMILES string of the molecule is COc1cc(-c2cccc(-c3cccc(Nc4cncc5cccnc45)c3C)c2C)cc(F)c1C=O. The molecule has 6 heteroatoms. The van der Waals surface area contributed by atoms with Gasteiger partial charge in [0.15, 0.2) is 6.29 Å². The normalized spacial score (nSPS) is 10.9. The molecule has 5 aromatic rings. The van der Waals surface area contributed by atoms with Gasteiger partial charge in [-0.25, -0.2) is 4.39 Å². The van der Waals surface area contributed by atoms with Crippen molar-refractivity contribution in [3.05, 3.63) is 102 Å². The Kier molecular flexibility index (Phi) is 6.17. The quantitative estimate of drug-likeness (QED) is 0.260. The molecule has 3 aromatic carbocycles. The summed E-state index contributed by atoms with van der Waals surface area (Å²) in [7, 11) is 1.43. The second-order valence-corrected chi connectivity index (χ2v) is 8.54. The van der Waals surface area contributed by atoms with Crippen LogP contribution in [0.3, 0.4) is 0 Å². The highest BCUT2D eigenvalue weighted by Crippen LogP contribution is 2.38. The van der Waals surface area contributed by atoms with Crippen molar-refractivity contribution in [2.24, 2.45) is 0 Å². The molecule has 2 heterocycles. The van der Waals surface area contributed by atoms with Crippen LogP contribution in [0, 0.1) is 19.7 Å². The van der Waals surface area contributed by atoms with Crippen molar-refractivity contribution in [3.63, 3.8) is 0 Å². The van der Waals surface area contributed by atoms with Crippen LogP contribution in [0.2, 0.25) is 0 Å². The standard InChI is InChI=1S/C30H24FN3O2/c1-18-22(21-13-26(31)25(17-35)29(14-21)36-3)8-4-9-23(18)24-10-5-11-27(19(24)2)34-28-16-32-15-20-7-6-12-33-30(20)28/h4-17,34H,1-3H3. The van der Waals surface area contributed by atoms with Crippen molar-refractivity contribution in [2.75, 3.05) is 12.4 Å². The fraction of sp³-hybridized carbons (Fsp3) is 0.100. The molecule has 2 aromatic heterocycles. The number of benzene rings is 3. The summed E-state index contributed by atoms with van der Waals surface area (Å²) < 4.78 is 19.9. The van der Waals surface area contributed by atoms with E-state index < -0.39 is 5.82 Å². The number of nitrogens with zero attached hydrogens (tertiary/aromatic N) is 2. The first-order valence-electron chi connectivity index (χ1n) is 11.5. The van der Waals surface area contributed by atoms with E-state index in [1.54, 1.807) is 24.7 Å². The summed E-state index contributed by atoms with van der Waals surface area (Å²) in [5.41, 5.74) is 8.19. The molecule has 0 amide bonds. The van der Waals surface area contributed by atoms with Crippen molar-refractivity contribution < 1.29 is 13.9 Å². The highest BCUT2D eigenvalue weighted by molar-refractivity contribution is 5.92. The number of fused-ring (bicyclic) bond motifs is 1. The number of ether oxygens (including phenoxy) is 1. The molecule has 0 radical (unpaired) electrons. The monoisotopic (exact) mass is 477 g/mol. The van der Waals surface area contributed by atoms with Gasteiger partial charge in [0, 0.05) is 23.5 Å². The van der Waals surface area contributed by atoms with Crippen LogP contribution in [0.5, 0.6) is 5.75 Å². The van der Waals surface area contributed by atoms with E-state index in [0.29, 0.717) is 11.8 Å². The molecule has 0 aliphatic carbocycles. The van der Waals surface area contributed by atoms with E-state index in [1.165, 1.54) is 13.2 Å². The zero-order valence-electron chi connectivity index (χ0n) is 20.2. The minimum absolute atomic E-state index is 0.0814. The Morgan fingerprint density at radius 1 is 0.889 bits per heavy atom. The van der Waals surface area contributed by atoms with E-state index in [1.807, 2.05) is 43.3 Å². The topological polar surface area (TPSA) is 64.1 Å². The third-order valence-corrected chi connectivity index (χ3v) is 6.48. The average molecular weight is 478 g/mol. The number of pyridine rings is 2. The van der Waals surface area contributed by atoms with Gasteiger partial charge >= 0.3 is 0 Å². The van der Waals surface area contributed by atoms with E-state index in [2.05, 4.69) is 34.3 Å². The Balaban J connectivity index is 1.58. The van der Waals surface area contributed by atoms with Crippen molar-refractivity contribution in [2.45, 2.75) is 13.8 Å². The number of hydrogen-bond donors (Lipinski definition) is 1. The van der Waals surface area contributed by atoms with Gasteiger partial charge in [-0.2, -0.15) is 0 Å². The van der Waals surface area contributed by atoms with E-state index in [-0.39, 0.29) is 11.3 Å². The number of carbonyl (C=O) groups excluding carboxylic acids is 1. The van der Waals surface area contributed by atoms with Gasteiger partial charge in [0.05, 0.1) is 30.1 Å². The molecule has 5 nitrogen and oxygen atoms in total. The van der Waals surface area contributed by atoms with Crippen LogP contribution in [-0.2, 0) is 0 Å². The Labute approximate surface area is 208 Å². The number of carbonyl (C=O) groups is 1. The number of halogens is 1. The van der Waals surface area contributed by atoms with Crippen molar-refractivity contribution in [3.8, 4) is 28.0 Å². The number of hydrogen-bond acceptors (Lipinski definition) is 5. The van der Waals surface area contributed by atoms with Gasteiger partial charge in [0.1, 0.15) is 11.6 Å². The van der Waals surface area contributed by atoms with Gasteiger partial charge in [-0.3, -0.25) is 14.8 Å². The molecule has 0 saturated heterocycles. The summed E-state index contributed by atoms with van der Waals surface area (Å²) in [5.74, 6) is -0.395. The van der Waals surface area contributed by atoms with E-state index in [4.69, 9.17) is 4.74 Å². The van der Waals surface area contributed by atoms with Gasteiger partial charge in [-0.05, 0) is 77.6 Å². The number of nitrogens with one attached hydrogen (secondary N) is 1. The summed E-state index contributed by atoms with van der Waals surface area (Å²) in [5, 5.41) is 4.46. The predicted molar refractivity (Wildman–Crippen MR) is 142 cm³/mol. The molecule has 0 spiro atoms. The van der Waals surface area contributed by atoms with Crippen LogP contribution in [0.4, 0.5) is 15.8 Å². The minimum atomic E-state index is -0.608. The zero-order valence-corrected chi connectivity index (χ0v) is 20.2. The maximum atomic E-state index is 14.6. The number of anilines is 2. The number of methoxy groups -OCH3 is 1. The number of aromatic nitrogens is 2. The fourth-order valence-corrected chi connectivity index (χ4v) is 4.57. The molecule has 0 unspecified atom stereocenters. The van der Waals surface area contributed by atoms with Crippen LogP contribution in [0.15, 0.2) is 79.3 Å². The molecule has 0 bridgehead atoms.